The lowest BCUT2D eigenvalue weighted by Crippen LogP contribution is -2.31. The van der Waals surface area contributed by atoms with Crippen LogP contribution < -0.4 is 0 Å². The third-order valence-electron chi connectivity index (χ3n) is 3.65. The quantitative estimate of drug-likeness (QED) is 0.710. The first-order chi connectivity index (χ1) is 12.1. The molecule has 1 amide bonds. The predicted octanol–water partition coefficient (Wildman–Crippen LogP) is 2.33. The molecule has 0 fully saturated rings. The van der Waals surface area contributed by atoms with Crippen molar-refractivity contribution in [1.82, 2.24) is 30.3 Å². The Hall–Kier alpha value is -3.33. The molecule has 0 aliphatic carbocycles. The van der Waals surface area contributed by atoms with Crippen LogP contribution in [0, 0.1) is 0 Å². The first-order valence-corrected chi connectivity index (χ1v) is 7.48. The molecule has 0 aliphatic rings. The van der Waals surface area contributed by atoms with Crippen molar-refractivity contribution in [3.8, 4) is 17.2 Å². The van der Waals surface area contributed by atoms with Gasteiger partial charge >= 0.3 is 6.09 Å². The maximum absolute atomic E-state index is 11.1. The Kier molecular flexibility index (Phi) is 4.66. The number of amides is 1. The van der Waals surface area contributed by atoms with E-state index in [-0.39, 0.29) is 0 Å². The number of hydroxylamine groups is 2. The number of hydrogen-bond donors (Lipinski definition) is 1. The molecular formula is C16H16N6O3. The molecular weight excluding hydrogens is 324 g/mol. The van der Waals surface area contributed by atoms with Crippen LogP contribution in [0.1, 0.15) is 18.5 Å². The van der Waals surface area contributed by atoms with E-state index in [4.69, 9.17) is 9.94 Å². The summed E-state index contributed by atoms with van der Waals surface area (Å²) >= 11 is 0. The Balaban J connectivity index is 1.81. The molecule has 3 rings (SSSR count). The number of pyridine rings is 1. The zero-order valence-electron chi connectivity index (χ0n) is 13.6. The molecule has 0 saturated carbocycles. The molecule has 3 aromatic rings. The SMILES string of the molecule is CON(C(=O)O)C(C)c1ccc(-n2nnc(-c3ccccn3)n2)cc1. The van der Waals surface area contributed by atoms with Crippen LogP contribution in [0.25, 0.3) is 17.2 Å². The highest BCUT2D eigenvalue weighted by Gasteiger charge is 2.21. The van der Waals surface area contributed by atoms with E-state index < -0.39 is 12.1 Å². The number of hydrogen-bond acceptors (Lipinski definition) is 6. The molecule has 0 bridgehead atoms. The second kappa shape index (κ2) is 7.05. The van der Waals surface area contributed by atoms with E-state index in [2.05, 4.69) is 20.4 Å². The van der Waals surface area contributed by atoms with Crippen LogP contribution in [-0.2, 0) is 4.84 Å². The molecule has 1 aromatic carbocycles. The topological polar surface area (TPSA) is 106 Å². The molecule has 0 saturated heterocycles. The van der Waals surface area contributed by atoms with Crippen molar-refractivity contribution >= 4 is 6.09 Å². The highest BCUT2D eigenvalue weighted by Crippen LogP contribution is 2.21. The number of aromatic nitrogens is 5. The Morgan fingerprint density at radius 3 is 2.60 bits per heavy atom. The van der Waals surface area contributed by atoms with Crippen molar-refractivity contribution in [2.24, 2.45) is 0 Å². The van der Waals surface area contributed by atoms with E-state index in [1.165, 1.54) is 11.9 Å². The third kappa shape index (κ3) is 3.45. The lowest BCUT2D eigenvalue weighted by molar-refractivity contribution is -0.128. The smallest absolute Gasteiger partial charge is 0.432 e. The minimum Gasteiger partial charge on any atom is -0.463 e. The van der Waals surface area contributed by atoms with Crippen LogP contribution in [0.5, 0.6) is 0 Å². The summed E-state index contributed by atoms with van der Waals surface area (Å²) in [5.41, 5.74) is 2.11. The van der Waals surface area contributed by atoms with Crippen LogP contribution in [0.2, 0.25) is 0 Å². The van der Waals surface area contributed by atoms with Gasteiger partial charge in [-0.2, -0.15) is 5.06 Å². The Labute approximate surface area is 143 Å². The van der Waals surface area contributed by atoms with Gasteiger partial charge in [-0.1, -0.05) is 18.2 Å². The summed E-state index contributed by atoms with van der Waals surface area (Å²) in [7, 11) is 1.32. The fourth-order valence-electron chi connectivity index (χ4n) is 2.34. The Morgan fingerprint density at radius 1 is 1.24 bits per heavy atom. The summed E-state index contributed by atoms with van der Waals surface area (Å²) in [5.74, 6) is 0.425. The number of nitrogens with zero attached hydrogens (tertiary/aromatic N) is 6. The number of tetrazole rings is 1. The molecule has 25 heavy (non-hydrogen) atoms. The molecule has 0 spiro atoms. The van der Waals surface area contributed by atoms with E-state index in [0.29, 0.717) is 17.2 Å². The van der Waals surface area contributed by atoms with Gasteiger partial charge in [-0.3, -0.25) is 9.82 Å². The van der Waals surface area contributed by atoms with Crippen molar-refractivity contribution in [3.63, 3.8) is 0 Å². The van der Waals surface area contributed by atoms with Crippen LogP contribution in [0.3, 0.4) is 0 Å². The first-order valence-electron chi connectivity index (χ1n) is 7.48. The van der Waals surface area contributed by atoms with Crippen LogP contribution in [-0.4, -0.2) is 48.6 Å². The molecule has 1 atom stereocenters. The van der Waals surface area contributed by atoms with E-state index in [1.807, 2.05) is 12.1 Å². The van der Waals surface area contributed by atoms with E-state index in [0.717, 1.165) is 10.6 Å². The predicted molar refractivity (Wildman–Crippen MR) is 87.7 cm³/mol. The molecule has 128 valence electrons. The lowest BCUT2D eigenvalue weighted by atomic mass is 10.1. The van der Waals surface area contributed by atoms with Crippen molar-refractivity contribution in [2.45, 2.75) is 13.0 Å². The van der Waals surface area contributed by atoms with Crippen LogP contribution in [0.15, 0.2) is 48.7 Å². The average Bonchev–Trinajstić information content (AvgIpc) is 3.13. The van der Waals surface area contributed by atoms with E-state index in [9.17, 15) is 4.79 Å². The third-order valence-corrected chi connectivity index (χ3v) is 3.65. The number of benzene rings is 1. The summed E-state index contributed by atoms with van der Waals surface area (Å²) in [5, 5.41) is 22.3. The van der Waals surface area contributed by atoms with Crippen molar-refractivity contribution in [1.29, 1.82) is 0 Å². The molecule has 0 radical (unpaired) electrons. The second-order valence-corrected chi connectivity index (χ2v) is 5.18. The second-order valence-electron chi connectivity index (χ2n) is 5.18. The lowest BCUT2D eigenvalue weighted by Gasteiger charge is -2.23. The van der Waals surface area contributed by atoms with Crippen LogP contribution >= 0.6 is 0 Å². The van der Waals surface area contributed by atoms with Gasteiger partial charge in [-0.05, 0) is 42.0 Å². The van der Waals surface area contributed by atoms with Gasteiger partial charge in [-0.25, -0.2) is 4.79 Å². The number of rotatable bonds is 5. The van der Waals surface area contributed by atoms with Crippen molar-refractivity contribution in [3.05, 3.63) is 54.2 Å². The zero-order chi connectivity index (χ0) is 17.8. The largest absolute Gasteiger partial charge is 0.463 e. The Bertz CT molecular complexity index is 850. The summed E-state index contributed by atoms with van der Waals surface area (Å²) in [4.78, 5) is 21.6. The average molecular weight is 340 g/mol. The first kappa shape index (κ1) is 16.5. The molecule has 1 N–H and O–H groups in total. The van der Waals surface area contributed by atoms with Gasteiger partial charge in [0.25, 0.3) is 0 Å². The molecule has 0 aliphatic heterocycles. The molecule has 2 aromatic heterocycles. The molecule has 9 heteroatoms. The minimum atomic E-state index is -1.16. The normalized spacial score (nSPS) is 11.9. The summed E-state index contributed by atoms with van der Waals surface area (Å²) < 4.78 is 0. The van der Waals surface area contributed by atoms with Gasteiger partial charge in [-0.15, -0.1) is 15.0 Å². The van der Waals surface area contributed by atoms with Crippen LogP contribution in [0.4, 0.5) is 4.79 Å². The fourth-order valence-corrected chi connectivity index (χ4v) is 2.34. The van der Waals surface area contributed by atoms with Gasteiger partial charge in [0, 0.05) is 6.20 Å². The number of carbonyl (C=O) groups is 1. The van der Waals surface area contributed by atoms with Gasteiger partial charge in [0.15, 0.2) is 0 Å². The molecule has 2 heterocycles. The summed E-state index contributed by atoms with van der Waals surface area (Å²) in [6.45, 7) is 1.74. The molecule has 9 nitrogen and oxygen atoms in total. The fraction of sp³-hybridized carbons (Fsp3) is 0.188. The maximum Gasteiger partial charge on any atom is 0.432 e. The minimum absolute atomic E-state index is 0.425. The molecule has 1 unspecified atom stereocenters. The van der Waals surface area contributed by atoms with E-state index >= 15 is 0 Å². The van der Waals surface area contributed by atoms with Gasteiger partial charge < -0.3 is 5.11 Å². The Morgan fingerprint density at radius 2 is 2.00 bits per heavy atom. The highest BCUT2D eigenvalue weighted by atomic mass is 16.7. The van der Waals surface area contributed by atoms with E-state index in [1.54, 1.807) is 43.5 Å². The zero-order valence-corrected chi connectivity index (χ0v) is 13.6. The van der Waals surface area contributed by atoms with Crippen molar-refractivity contribution < 1.29 is 14.7 Å². The standard InChI is InChI=1S/C16H16N6O3/c1-11(21(25-2)16(23)24)12-6-8-13(9-7-12)22-19-15(18-20-22)14-5-3-4-10-17-14/h3-11H,1-2H3,(H,23,24). The highest BCUT2D eigenvalue weighted by molar-refractivity contribution is 5.64. The van der Waals surface area contributed by atoms with Gasteiger partial charge in [0.1, 0.15) is 5.69 Å². The summed E-state index contributed by atoms with van der Waals surface area (Å²) in [6, 6.07) is 12.2. The van der Waals surface area contributed by atoms with Gasteiger partial charge in [0.2, 0.25) is 5.82 Å². The monoisotopic (exact) mass is 340 g/mol. The summed E-state index contributed by atoms with van der Waals surface area (Å²) in [6.07, 6.45) is 0.507. The maximum atomic E-state index is 11.1. The number of carboxylic acid groups (broad SMARTS) is 1. The van der Waals surface area contributed by atoms with Gasteiger partial charge in [0.05, 0.1) is 18.8 Å². The van der Waals surface area contributed by atoms with Crippen molar-refractivity contribution in [2.75, 3.05) is 7.11 Å².